The Bertz CT molecular complexity index is 569. The molecule has 1 fully saturated rings. The summed E-state index contributed by atoms with van der Waals surface area (Å²) in [5.41, 5.74) is 0.776. The summed E-state index contributed by atoms with van der Waals surface area (Å²) in [5.74, 6) is 0.648. The normalized spacial score (nSPS) is 26.7. The molecule has 1 saturated heterocycles. The first-order chi connectivity index (χ1) is 9.25. The molecule has 1 aromatic carbocycles. The van der Waals surface area contributed by atoms with E-state index in [9.17, 15) is 10.2 Å². The molecule has 1 aliphatic rings. The van der Waals surface area contributed by atoms with Gasteiger partial charge in [0.25, 0.3) is 0 Å². The van der Waals surface area contributed by atoms with E-state index in [-0.39, 0.29) is 13.2 Å². The third kappa shape index (κ3) is 2.40. The maximum absolute atomic E-state index is 9.68. The van der Waals surface area contributed by atoms with Crippen LogP contribution in [0.2, 0.25) is 0 Å². The maximum Gasteiger partial charge on any atom is 0.145 e. The highest BCUT2D eigenvalue weighted by atomic mass is 16.6. The summed E-state index contributed by atoms with van der Waals surface area (Å²) < 4.78 is 10.9. The van der Waals surface area contributed by atoms with E-state index in [2.05, 4.69) is 4.98 Å². The smallest absolute Gasteiger partial charge is 0.145 e. The van der Waals surface area contributed by atoms with Gasteiger partial charge in [0.15, 0.2) is 0 Å². The minimum atomic E-state index is -0.900. The molecule has 0 aliphatic carbocycles. The topological polar surface area (TPSA) is 71.8 Å². The number of pyridine rings is 1. The molecule has 1 aliphatic heterocycles. The predicted octanol–water partition coefficient (Wildman–Crippen LogP) is 0.734. The standard InChI is InChI=1S/C14H15NO4/c16-10-7-18-12(14(10)17)8-19-11-5-1-3-9-4-2-6-15-13(9)11/h1-6,10,12,14,16-17H,7-8H2/t10-,12+,14-/m0/s1. The summed E-state index contributed by atoms with van der Waals surface area (Å²) in [7, 11) is 0. The molecule has 3 rings (SSSR count). The average Bonchev–Trinajstić information content (AvgIpc) is 2.76. The van der Waals surface area contributed by atoms with E-state index in [0.29, 0.717) is 5.75 Å². The number of fused-ring (bicyclic) bond motifs is 1. The van der Waals surface area contributed by atoms with Gasteiger partial charge >= 0.3 is 0 Å². The Hall–Kier alpha value is -1.69. The summed E-state index contributed by atoms with van der Waals surface area (Å²) in [5, 5.41) is 20.1. The molecule has 5 nitrogen and oxygen atoms in total. The van der Waals surface area contributed by atoms with Crippen molar-refractivity contribution in [2.24, 2.45) is 0 Å². The van der Waals surface area contributed by atoms with Crippen molar-refractivity contribution in [1.29, 1.82) is 0 Å². The summed E-state index contributed by atoms with van der Waals surface area (Å²) in [6, 6.07) is 9.50. The van der Waals surface area contributed by atoms with Crippen LogP contribution in [0.5, 0.6) is 5.75 Å². The van der Waals surface area contributed by atoms with Gasteiger partial charge in [-0.05, 0) is 12.1 Å². The minimum Gasteiger partial charge on any atom is -0.488 e. The van der Waals surface area contributed by atoms with Crippen LogP contribution in [-0.2, 0) is 4.74 Å². The van der Waals surface area contributed by atoms with Crippen LogP contribution in [0.15, 0.2) is 36.5 Å². The van der Waals surface area contributed by atoms with Crippen molar-refractivity contribution < 1.29 is 19.7 Å². The summed E-state index contributed by atoms with van der Waals surface area (Å²) in [4.78, 5) is 4.28. The van der Waals surface area contributed by atoms with Crippen LogP contribution in [-0.4, -0.2) is 46.7 Å². The number of ether oxygens (including phenoxy) is 2. The lowest BCUT2D eigenvalue weighted by Crippen LogP contribution is -2.33. The van der Waals surface area contributed by atoms with Gasteiger partial charge in [-0.2, -0.15) is 0 Å². The molecule has 0 spiro atoms. The van der Waals surface area contributed by atoms with Gasteiger partial charge in [0.05, 0.1) is 6.61 Å². The molecule has 1 aromatic heterocycles. The van der Waals surface area contributed by atoms with Gasteiger partial charge in [-0.25, -0.2) is 0 Å². The number of para-hydroxylation sites is 1. The number of aromatic nitrogens is 1. The summed E-state index contributed by atoms with van der Waals surface area (Å²) >= 11 is 0. The second kappa shape index (κ2) is 5.13. The fourth-order valence-corrected chi connectivity index (χ4v) is 2.18. The number of hydrogen-bond acceptors (Lipinski definition) is 5. The van der Waals surface area contributed by atoms with Crippen molar-refractivity contribution in [2.75, 3.05) is 13.2 Å². The third-order valence-corrected chi connectivity index (χ3v) is 3.26. The Morgan fingerprint density at radius 1 is 1.26 bits per heavy atom. The van der Waals surface area contributed by atoms with Gasteiger partial charge in [-0.3, -0.25) is 4.98 Å². The van der Waals surface area contributed by atoms with E-state index in [4.69, 9.17) is 9.47 Å². The van der Waals surface area contributed by atoms with Crippen LogP contribution in [0, 0.1) is 0 Å². The molecule has 3 atom stereocenters. The molecule has 2 N–H and O–H groups in total. The van der Waals surface area contributed by atoms with Gasteiger partial charge in [0.2, 0.25) is 0 Å². The van der Waals surface area contributed by atoms with Crippen molar-refractivity contribution in [2.45, 2.75) is 18.3 Å². The van der Waals surface area contributed by atoms with Crippen LogP contribution >= 0.6 is 0 Å². The number of aliphatic hydroxyl groups is 2. The molecule has 0 amide bonds. The first kappa shape index (κ1) is 12.3. The van der Waals surface area contributed by atoms with Crippen molar-refractivity contribution in [3.63, 3.8) is 0 Å². The van der Waals surface area contributed by atoms with E-state index in [1.54, 1.807) is 6.20 Å². The zero-order valence-electron chi connectivity index (χ0n) is 10.3. The largest absolute Gasteiger partial charge is 0.488 e. The molecule has 0 radical (unpaired) electrons. The van der Waals surface area contributed by atoms with E-state index >= 15 is 0 Å². The molecule has 19 heavy (non-hydrogen) atoms. The molecule has 0 unspecified atom stereocenters. The zero-order valence-corrected chi connectivity index (χ0v) is 10.3. The Balaban J connectivity index is 1.75. The monoisotopic (exact) mass is 261 g/mol. The highest BCUT2D eigenvalue weighted by molar-refractivity contribution is 5.84. The fourth-order valence-electron chi connectivity index (χ4n) is 2.18. The number of aliphatic hydroxyl groups excluding tert-OH is 2. The summed E-state index contributed by atoms with van der Waals surface area (Å²) in [6.07, 6.45) is -0.531. The van der Waals surface area contributed by atoms with Crippen LogP contribution < -0.4 is 4.74 Å². The minimum absolute atomic E-state index is 0.142. The van der Waals surface area contributed by atoms with Gasteiger partial charge in [-0.1, -0.05) is 18.2 Å². The van der Waals surface area contributed by atoms with Crippen LogP contribution in [0.25, 0.3) is 10.9 Å². The molecule has 100 valence electrons. The number of nitrogens with zero attached hydrogens (tertiary/aromatic N) is 1. The Morgan fingerprint density at radius 2 is 2.11 bits per heavy atom. The lowest BCUT2D eigenvalue weighted by atomic mass is 10.1. The van der Waals surface area contributed by atoms with E-state index in [0.717, 1.165) is 10.9 Å². The number of rotatable bonds is 3. The van der Waals surface area contributed by atoms with Crippen molar-refractivity contribution in [3.05, 3.63) is 36.5 Å². The highest BCUT2D eigenvalue weighted by Crippen LogP contribution is 2.24. The van der Waals surface area contributed by atoms with E-state index in [1.807, 2.05) is 30.3 Å². The van der Waals surface area contributed by atoms with Crippen molar-refractivity contribution >= 4 is 10.9 Å². The number of hydrogen-bond donors (Lipinski definition) is 2. The molecule has 5 heteroatoms. The first-order valence-corrected chi connectivity index (χ1v) is 6.20. The molecular weight excluding hydrogens is 246 g/mol. The van der Waals surface area contributed by atoms with Crippen LogP contribution in [0.1, 0.15) is 0 Å². The van der Waals surface area contributed by atoms with Gasteiger partial charge in [-0.15, -0.1) is 0 Å². The third-order valence-electron chi connectivity index (χ3n) is 3.26. The van der Waals surface area contributed by atoms with E-state index < -0.39 is 18.3 Å². The van der Waals surface area contributed by atoms with E-state index in [1.165, 1.54) is 0 Å². The lowest BCUT2D eigenvalue weighted by molar-refractivity contribution is 0.000159. The zero-order chi connectivity index (χ0) is 13.2. The van der Waals surface area contributed by atoms with Crippen molar-refractivity contribution in [3.8, 4) is 5.75 Å². The Morgan fingerprint density at radius 3 is 2.89 bits per heavy atom. The fraction of sp³-hybridized carbons (Fsp3) is 0.357. The highest BCUT2D eigenvalue weighted by Gasteiger charge is 2.35. The Labute approximate surface area is 110 Å². The first-order valence-electron chi connectivity index (χ1n) is 6.20. The molecule has 2 heterocycles. The Kier molecular flexibility index (Phi) is 3.33. The van der Waals surface area contributed by atoms with Crippen LogP contribution in [0.4, 0.5) is 0 Å². The van der Waals surface area contributed by atoms with Gasteiger partial charge in [0, 0.05) is 11.6 Å². The summed E-state index contributed by atoms with van der Waals surface area (Å²) in [6.45, 7) is 0.330. The predicted molar refractivity (Wildman–Crippen MR) is 69.0 cm³/mol. The van der Waals surface area contributed by atoms with Gasteiger partial charge in [0.1, 0.15) is 36.2 Å². The van der Waals surface area contributed by atoms with Gasteiger partial charge < -0.3 is 19.7 Å². The molecule has 0 saturated carbocycles. The quantitative estimate of drug-likeness (QED) is 0.852. The molecule has 2 aromatic rings. The second-order valence-corrected chi connectivity index (χ2v) is 4.57. The molecule has 0 bridgehead atoms. The van der Waals surface area contributed by atoms with Crippen LogP contribution in [0.3, 0.4) is 0 Å². The second-order valence-electron chi connectivity index (χ2n) is 4.57. The average molecular weight is 261 g/mol. The maximum atomic E-state index is 9.68. The molecular formula is C14H15NO4. The lowest BCUT2D eigenvalue weighted by Gasteiger charge is -2.16. The SMILES string of the molecule is O[C@H]1[C@@H](O)CO[C@@H]1COc1cccc2cccnc12. The number of benzene rings is 1. The van der Waals surface area contributed by atoms with Crippen molar-refractivity contribution in [1.82, 2.24) is 4.98 Å².